The number of rotatable bonds is 4. The average molecular weight is 451 g/mol. The summed E-state index contributed by atoms with van der Waals surface area (Å²) in [5.41, 5.74) is 6.07. The first-order valence-corrected chi connectivity index (χ1v) is 12.0. The summed E-state index contributed by atoms with van der Waals surface area (Å²) in [5.74, 6) is 0.476. The second kappa shape index (κ2) is 8.69. The molecule has 2 heteroatoms. The molecule has 0 amide bonds. The van der Waals surface area contributed by atoms with Crippen LogP contribution in [-0.2, 0) is 0 Å². The van der Waals surface area contributed by atoms with Gasteiger partial charge in [0.15, 0.2) is 0 Å². The van der Waals surface area contributed by atoms with Crippen molar-refractivity contribution in [1.29, 1.82) is 0 Å². The highest BCUT2D eigenvalue weighted by Gasteiger charge is 2.13. The maximum absolute atomic E-state index is 4.82. The molecule has 5 rings (SSSR count). The minimum absolute atomic E-state index is 0.476. The van der Waals surface area contributed by atoms with Crippen molar-refractivity contribution in [1.82, 2.24) is 0 Å². The molecular weight excluding hydrogens is 424 g/mol. The van der Waals surface area contributed by atoms with Crippen LogP contribution in [0.2, 0.25) is 0 Å². The van der Waals surface area contributed by atoms with Crippen LogP contribution in [0.1, 0.15) is 31.7 Å². The van der Waals surface area contributed by atoms with E-state index in [-0.39, 0.29) is 0 Å². The highest BCUT2D eigenvalue weighted by atomic mass is 32.1. The van der Waals surface area contributed by atoms with Crippen molar-refractivity contribution >= 4 is 46.8 Å². The van der Waals surface area contributed by atoms with E-state index in [1.165, 1.54) is 38.2 Å². The number of hydrogen-bond acceptors (Lipinski definition) is 2. The lowest BCUT2D eigenvalue weighted by Crippen LogP contribution is -1.95. The summed E-state index contributed by atoms with van der Waals surface area (Å²) in [5, 5.41) is 5.10. The number of benzene rings is 5. The van der Waals surface area contributed by atoms with Gasteiger partial charge in [-0.15, -0.1) is 25.3 Å². The van der Waals surface area contributed by atoms with Crippen LogP contribution in [0, 0.1) is 0 Å². The summed E-state index contributed by atoms with van der Waals surface area (Å²) in [6.45, 7) is 4.45. The molecule has 32 heavy (non-hydrogen) atoms. The van der Waals surface area contributed by atoms with Gasteiger partial charge >= 0.3 is 0 Å². The van der Waals surface area contributed by atoms with Crippen LogP contribution >= 0.6 is 25.3 Å². The highest BCUT2D eigenvalue weighted by Crippen LogP contribution is 2.39. The Balaban J connectivity index is 1.64. The van der Waals surface area contributed by atoms with Gasteiger partial charge in [0.05, 0.1) is 0 Å². The summed E-state index contributed by atoms with van der Waals surface area (Å²) in [6.07, 6.45) is 1.09. The lowest BCUT2D eigenvalue weighted by molar-refractivity contribution is 0.717. The van der Waals surface area contributed by atoms with Crippen LogP contribution in [0.5, 0.6) is 0 Å². The zero-order valence-electron chi connectivity index (χ0n) is 18.3. The Kier molecular flexibility index (Phi) is 5.75. The molecular formula is C30H26S2. The van der Waals surface area contributed by atoms with E-state index in [1.807, 2.05) is 0 Å². The van der Waals surface area contributed by atoms with E-state index in [9.17, 15) is 0 Å². The molecule has 0 saturated carbocycles. The van der Waals surface area contributed by atoms with E-state index in [4.69, 9.17) is 25.3 Å². The van der Waals surface area contributed by atoms with Crippen molar-refractivity contribution in [3.63, 3.8) is 0 Å². The quantitative estimate of drug-likeness (QED) is 0.198. The van der Waals surface area contributed by atoms with Gasteiger partial charge in [0, 0.05) is 9.79 Å². The van der Waals surface area contributed by atoms with Gasteiger partial charge in [-0.2, -0.15) is 0 Å². The van der Waals surface area contributed by atoms with Crippen molar-refractivity contribution in [3.8, 4) is 22.3 Å². The van der Waals surface area contributed by atoms with Crippen LogP contribution in [0.3, 0.4) is 0 Å². The van der Waals surface area contributed by atoms with E-state index < -0.39 is 0 Å². The Morgan fingerprint density at radius 2 is 1.22 bits per heavy atom. The minimum atomic E-state index is 0.476. The Labute approximate surface area is 201 Å². The predicted octanol–water partition coefficient (Wildman–Crippen LogP) is 9.42. The second-order valence-electron chi connectivity index (χ2n) is 8.51. The largest absolute Gasteiger partial charge is 0.143 e. The molecule has 0 aliphatic rings. The molecule has 0 aliphatic carbocycles. The van der Waals surface area contributed by atoms with Crippen LogP contribution < -0.4 is 0 Å². The molecule has 1 atom stereocenters. The van der Waals surface area contributed by atoms with Crippen LogP contribution in [0.15, 0.2) is 101 Å². The van der Waals surface area contributed by atoms with Gasteiger partial charge in [0.25, 0.3) is 0 Å². The lowest BCUT2D eigenvalue weighted by atomic mass is 9.91. The fourth-order valence-corrected chi connectivity index (χ4v) is 5.33. The molecule has 0 N–H and O–H groups in total. The van der Waals surface area contributed by atoms with Crippen molar-refractivity contribution in [3.05, 3.63) is 96.6 Å². The Morgan fingerprint density at radius 1 is 0.656 bits per heavy atom. The monoisotopic (exact) mass is 450 g/mol. The molecule has 0 aliphatic heterocycles. The third kappa shape index (κ3) is 3.72. The van der Waals surface area contributed by atoms with E-state index in [1.54, 1.807) is 0 Å². The van der Waals surface area contributed by atoms with Crippen molar-refractivity contribution in [2.45, 2.75) is 36.0 Å². The van der Waals surface area contributed by atoms with Gasteiger partial charge in [-0.25, -0.2) is 0 Å². The summed E-state index contributed by atoms with van der Waals surface area (Å²) in [6, 6.07) is 32.8. The summed E-state index contributed by atoms with van der Waals surface area (Å²) in [7, 11) is 0. The maximum atomic E-state index is 4.82. The van der Waals surface area contributed by atoms with Gasteiger partial charge in [-0.05, 0) is 79.9 Å². The van der Waals surface area contributed by atoms with Gasteiger partial charge < -0.3 is 0 Å². The van der Waals surface area contributed by atoms with Gasteiger partial charge in [-0.1, -0.05) is 86.6 Å². The van der Waals surface area contributed by atoms with Crippen molar-refractivity contribution in [2.24, 2.45) is 0 Å². The molecule has 0 radical (unpaired) electrons. The standard InChI is InChI=1S/C30H26S2/c1-3-19(2)26-17-29(32)27(18-28(26)31)20-12-14-21(15-13-20)30-24-10-6-4-8-22(24)16-23-9-5-7-11-25(23)30/h4-19,31-32H,3H2,1-2H3. The SMILES string of the molecule is CCC(C)c1cc(S)c(-c2ccc(-c3c4ccccc4cc4ccccc34)cc2)cc1S. The molecule has 0 heterocycles. The molecule has 0 aromatic heterocycles. The predicted molar refractivity (Wildman–Crippen MR) is 146 cm³/mol. The molecule has 0 nitrogen and oxygen atoms in total. The molecule has 5 aromatic rings. The first kappa shape index (κ1) is 21.2. The summed E-state index contributed by atoms with van der Waals surface area (Å²) in [4.78, 5) is 2.04. The highest BCUT2D eigenvalue weighted by molar-refractivity contribution is 7.80. The Morgan fingerprint density at radius 3 is 1.81 bits per heavy atom. The third-order valence-electron chi connectivity index (χ3n) is 6.54. The molecule has 158 valence electrons. The van der Waals surface area contributed by atoms with Gasteiger partial charge in [-0.3, -0.25) is 0 Å². The van der Waals surface area contributed by atoms with Crippen LogP contribution in [-0.4, -0.2) is 0 Å². The van der Waals surface area contributed by atoms with Crippen molar-refractivity contribution in [2.75, 3.05) is 0 Å². The number of hydrogen-bond donors (Lipinski definition) is 2. The summed E-state index contributed by atoms with van der Waals surface area (Å²) < 4.78 is 0. The molecule has 5 aromatic carbocycles. The smallest absolute Gasteiger partial charge is 0.0122 e. The average Bonchev–Trinajstić information content (AvgIpc) is 2.83. The van der Waals surface area contributed by atoms with Crippen LogP contribution in [0.25, 0.3) is 43.8 Å². The molecule has 0 bridgehead atoms. The van der Waals surface area contributed by atoms with E-state index in [0.717, 1.165) is 27.3 Å². The third-order valence-corrected chi connectivity index (χ3v) is 7.30. The zero-order valence-corrected chi connectivity index (χ0v) is 20.1. The fourth-order valence-electron chi connectivity index (χ4n) is 4.58. The van der Waals surface area contributed by atoms with E-state index >= 15 is 0 Å². The Bertz CT molecular complexity index is 1380. The molecule has 0 fully saturated rings. The molecule has 0 saturated heterocycles. The van der Waals surface area contributed by atoms with E-state index in [0.29, 0.717) is 5.92 Å². The minimum Gasteiger partial charge on any atom is -0.143 e. The topological polar surface area (TPSA) is 0 Å². The lowest BCUT2D eigenvalue weighted by Gasteiger charge is -2.16. The second-order valence-corrected chi connectivity index (χ2v) is 9.47. The van der Waals surface area contributed by atoms with Crippen molar-refractivity contribution < 1.29 is 0 Å². The normalized spacial score (nSPS) is 12.4. The van der Waals surface area contributed by atoms with Crippen LogP contribution in [0.4, 0.5) is 0 Å². The Hall–Kier alpha value is -2.68. The first-order valence-electron chi connectivity index (χ1n) is 11.1. The molecule has 1 unspecified atom stereocenters. The number of thiol groups is 2. The fraction of sp³-hybridized carbons (Fsp3) is 0.133. The van der Waals surface area contributed by atoms with E-state index in [2.05, 4.69) is 105 Å². The number of fused-ring (bicyclic) bond motifs is 2. The summed E-state index contributed by atoms with van der Waals surface area (Å²) >= 11 is 9.60. The molecule has 0 spiro atoms. The van der Waals surface area contributed by atoms with Gasteiger partial charge in [0.2, 0.25) is 0 Å². The van der Waals surface area contributed by atoms with Gasteiger partial charge in [0.1, 0.15) is 0 Å². The first-order chi connectivity index (χ1) is 15.6. The maximum Gasteiger partial charge on any atom is 0.0122 e. The zero-order chi connectivity index (χ0) is 22.2.